The van der Waals surface area contributed by atoms with E-state index in [-0.39, 0.29) is 18.9 Å². The molecule has 3 aromatic carbocycles. The predicted octanol–water partition coefficient (Wildman–Crippen LogP) is 3.50. The average molecular weight is 500 g/mol. The van der Waals surface area contributed by atoms with E-state index in [1.807, 2.05) is 86.6 Å². The van der Waals surface area contributed by atoms with Gasteiger partial charge in [-0.15, -0.1) is 0 Å². The maximum Gasteiger partial charge on any atom is 0.311 e. The minimum atomic E-state index is -0.784. The Morgan fingerprint density at radius 2 is 1.54 bits per heavy atom. The number of amides is 3. The van der Waals surface area contributed by atoms with E-state index in [2.05, 4.69) is 10.7 Å². The quantitative estimate of drug-likeness (QED) is 0.462. The summed E-state index contributed by atoms with van der Waals surface area (Å²) in [5.41, 5.74) is 6.85. The fraction of sp³-hybridized carbons (Fsp3) is 0.241. The van der Waals surface area contributed by atoms with Gasteiger partial charge in [0.1, 0.15) is 0 Å². The van der Waals surface area contributed by atoms with E-state index in [0.29, 0.717) is 5.69 Å². The number of aryl methyl sites for hydroxylation is 1. The van der Waals surface area contributed by atoms with Crippen LogP contribution in [-0.4, -0.2) is 41.9 Å². The van der Waals surface area contributed by atoms with Gasteiger partial charge >= 0.3 is 5.97 Å². The molecule has 1 aliphatic rings. The van der Waals surface area contributed by atoms with Crippen molar-refractivity contribution < 1.29 is 23.9 Å². The van der Waals surface area contributed by atoms with Gasteiger partial charge in [-0.3, -0.25) is 29.6 Å². The van der Waals surface area contributed by atoms with E-state index >= 15 is 0 Å². The molecule has 3 amide bonds. The van der Waals surface area contributed by atoms with Gasteiger partial charge in [-0.1, -0.05) is 72.8 Å². The maximum absolute atomic E-state index is 13.3. The zero-order chi connectivity index (χ0) is 26.4. The lowest BCUT2D eigenvalue weighted by Gasteiger charge is -2.23. The molecule has 0 aliphatic carbocycles. The molecular weight excluding hydrogens is 470 g/mol. The van der Waals surface area contributed by atoms with Crippen LogP contribution in [0, 0.1) is 19.8 Å². The summed E-state index contributed by atoms with van der Waals surface area (Å²) in [5.74, 6) is -3.32. The van der Waals surface area contributed by atoms with Crippen LogP contribution in [0.4, 0.5) is 5.69 Å². The molecule has 3 aromatic rings. The first-order valence-corrected chi connectivity index (χ1v) is 12.1. The number of hydrogen-bond donors (Lipinski definition) is 2. The Bertz CT molecular complexity index is 1250. The van der Waals surface area contributed by atoms with Gasteiger partial charge in [-0.2, -0.15) is 0 Å². The summed E-state index contributed by atoms with van der Waals surface area (Å²) in [7, 11) is 0. The van der Waals surface area contributed by atoms with Gasteiger partial charge in [0.2, 0.25) is 5.91 Å². The average Bonchev–Trinajstić information content (AvgIpc) is 3.26. The molecule has 0 aromatic heterocycles. The number of anilines is 1. The molecule has 37 heavy (non-hydrogen) atoms. The smallest absolute Gasteiger partial charge is 0.311 e. The van der Waals surface area contributed by atoms with Crippen molar-refractivity contribution in [2.24, 2.45) is 5.92 Å². The molecule has 0 saturated carbocycles. The maximum atomic E-state index is 13.3. The number of esters is 1. The third kappa shape index (κ3) is 6.22. The van der Waals surface area contributed by atoms with Gasteiger partial charge in [-0.25, -0.2) is 0 Å². The van der Waals surface area contributed by atoms with E-state index in [9.17, 15) is 19.2 Å². The second kappa shape index (κ2) is 11.5. The molecule has 190 valence electrons. The SMILES string of the molecule is Cc1cccc(NC(=O)COC(=O)[C@@H]2CC(=O)N(NC(=O)C(c3ccccc3)c3ccccc3)C2)c1C. The van der Waals surface area contributed by atoms with E-state index in [1.54, 1.807) is 6.07 Å². The molecule has 0 radical (unpaired) electrons. The van der Waals surface area contributed by atoms with Crippen molar-refractivity contribution in [3.63, 3.8) is 0 Å². The van der Waals surface area contributed by atoms with E-state index in [0.717, 1.165) is 27.3 Å². The third-order valence-electron chi connectivity index (χ3n) is 6.46. The number of rotatable bonds is 8. The summed E-state index contributed by atoms with van der Waals surface area (Å²) in [4.78, 5) is 50.8. The summed E-state index contributed by atoms with van der Waals surface area (Å²) in [6.07, 6.45) is -0.112. The Kier molecular flexibility index (Phi) is 7.98. The van der Waals surface area contributed by atoms with Gasteiger partial charge < -0.3 is 10.1 Å². The Labute approximate surface area is 215 Å². The number of nitrogens with zero attached hydrogens (tertiary/aromatic N) is 1. The third-order valence-corrected chi connectivity index (χ3v) is 6.46. The molecule has 1 atom stereocenters. The predicted molar refractivity (Wildman–Crippen MR) is 138 cm³/mol. The number of benzene rings is 3. The fourth-order valence-corrected chi connectivity index (χ4v) is 4.28. The lowest BCUT2D eigenvalue weighted by atomic mass is 9.91. The number of ether oxygens (including phenoxy) is 1. The second-order valence-electron chi connectivity index (χ2n) is 9.04. The minimum absolute atomic E-state index is 0.0295. The van der Waals surface area contributed by atoms with Crippen molar-refractivity contribution in [2.45, 2.75) is 26.2 Å². The largest absolute Gasteiger partial charge is 0.455 e. The van der Waals surface area contributed by atoms with Crippen LogP contribution >= 0.6 is 0 Å². The van der Waals surface area contributed by atoms with Crippen LogP contribution in [0.1, 0.15) is 34.6 Å². The number of carbonyl (C=O) groups is 4. The molecule has 1 saturated heterocycles. The minimum Gasteiger partial charge on any atom is -0.455 e. The van der Waals surface area contributed by atoms with Gasteiger partial charge in [0.05, 0.1) is 18.4 Å². The van der Waals surface area contributed by atoms with Crippen LogP contribution in [0.2, 0.25) is 0 Å². The lowest BCUT2D eigenvalue weighted by molar-refractivity contribution is -0.151. The molecule has 1 fully saturated rings. The first-order valence-electron chi connectivity index (χ1n) is 12.1. The topological polar surface area (TPSA) is 105 Å². The summed E-state index contributed by atoms with van der Waals surface area (Å²) in [6, 6.07) is 24.1. The second-order valence-corrected chi connectivity index (χ2v) is 9.04. The van der Waals surface area contributed by atoms with Crippen LogP contribution in [0.3, 0.4) is 0 Å². The molecule has 2 N–H and O–H groups in total. The van der Waals surface area contributed by atoms with Crippen molar-refractivity contribution in [3.05, 3.63) is 101 Å². The van der Waals surface area contributed by atoms with E-state index in [4.69, 9.17) is 4.74 Å². The van der Waals surface area contributed by atoms with E-state index < -0.39 is 36.2 Å². The van der Waals surface area contributed by atoms with Crippen LogP contribution in [0.5, 0.6) is 0 Å². The Hall–Kier alpha value is -4.46. The van der Waals surface area contributed by atoms with Crippen molar-refractivity contribution in [3.8, 4) is 0 Å². The van der Waals surface area contributed by atoms with Crippen molar-refractivity contribution >= 4 is 29.4 Å². The van der Waals surface area contributed by atoms with Gasteiger partial charge in [0.25, 0.3) is 11.8 Å². The summed E-state index contributed by atoms with van der Waals surface area (Å²) < 4.78 is 5.18. The standard InChI is InChI=1S/C29H29N3O5/c1-19-10-9-15-24(20(19)2)30-25(33)18-37-29(36)23-16-26(34)32(17-23)31-28(35)27(21-11-5-3-6-12-21)22-13-7-4-8-14-22/h3-15,23,27H,16-18H2,1-2H3,(H,30,33)(H,31,35)/t23-/m1/s1. The normalized spacial score (nSPS) is 14.9. The molecule has 4 rings (SSSR count). The molecule has 1 aliphatic heterocycles. The first kappa shape index (κ1) is 25.6. The van der Waals surface area contributed by atoms with Crippen LogP contribution in [0.15, 0.2) is 78.9 Å². The monoisotopic (exact) mass is 499 g/mol. The summed E-state index contributed by atoms with van der Waals surface area (Å²) in [6.45, 7) is 3.34. The highest BCUT2D eigenvalue weighted by Gasteiger charge is 2.37. The molecule has 0 bridgehead atoms. The number of nitrogens with one attached hydrogen (secondary N) is 2. The highest BCUT2D eigenvalue weighted by atomic mass is 16.5. The first-order chi connectivity index (χ1) is 17.8. The zero-order valence-corrected chi connectivity index (χ0v) is 20.8. The van der Waals surface area contributed by atoms with Crippen LogP contribution in [0.25, 0.3) is 0 Å². The van der Waals surface area contributed by atoms with Gasteiger partial charge in [0.15, 0.2) is 6.61 Å². The number of hydrogen-bond acceptors (Lipinski definition) is 5. The van der Waals surface area contributed by atoms with Crippen molar-refractivity contribution in [2.75, 3.05) is 18.5 Å². The zero-order valence-electron chi connectivity index (χ0n) is 20.8. The van der Waals surface area contributed by atoms with Gasteiger partial charge in [0, 0.05) is 12.1 Å². The van der Waals surface area contributed by atoms with Crippen molar-refractivity contribution in [1.82, 2.24) is 10.4 Å². The Balaban J connectivity index is 1.35. The summed E-state index contributed by atoms with van der Waals surface area (Å²) >= 11 is 0. The van der Waals surface area contributed by atoms with Gasteiger partial charge in [-0.05, 0) is 42.2 Å². The van der Waals surface area contributed by atoms with E-state index in [1.165, 1.54) is 0 Å². The molecule has 8 nitrogen and oxygen atoms in total. The number of carbonyl (C=O) groups excluding carboxylic acids is 4. The number of hydrazine groups is 1. The van der Waals surface area contributed by atoms with Crippen LogP contribution < -0.4 is 10.7 Å². The molecule has 0 unspecified atom stereocenters. The highest BCUT2D eigenvalue weighted by Crippen LogP contribution is 2.26. The lowest BCUT2D eigenvalue weighted by Crippen LogP contribution is -2.45. The molecule has 1 heterocycles. The molecular formula is C29H29N3O5. The highest BCUT2D eigenvalue weighted by molar-refractivity contribution is 5.95. The Morgan fingerprint density at radius 1 is 0.919 bits per heavy atom. The molecule has 0 spiro atoms. The molecule has 8 heteroatoms. The fourth-order valence-electron chi connectivity index (χ4n) is 4.28. The van der Waals surface area contributed by atoms with Crippen molar-refractivity contribution in [1.29, 1.82) is 0 Å². The van der Waals surface area contributed by atoms with Crippen LogP contribution in [-0.2, 0) is 23.9 Å². The summed E-state index contributed by atoms with van der Waals surface area (Å²) in [5, 5.41) is 3.89. The Morgan fingerprint density at radius 3 is 2.16 bits per heavy atom.